The number of nitrogens with one attached hydrogen (secondary N) is 1. The van der Waals surface area contributed by atoms with Crippen molar-refractivity contribution in [1.29, 1.82) is 0 Å². The van der Waals surface area contributed by atoms with E-state index in [4.69, 9.17) is 4.52 Å². The first kappa shape index (κ1) is 14.8. The summed E-state index contributed by atoms with van der Waals surface area (Å²) in [6.07, 6.45) is 1.54. The van der Waals surface area contributed by atoms with Gasteiger partial charge in [-0.2, -0.15) is 15.1 Å². The van der Waals surface area contributed by atoms with E-state index in [0.29, 0.717) is 12.4 Å². The minimum Gasteiger partial charge on any atom is -0.339 e. The zero-order chi connectivity index (χ0) is 16.4. The van der Waals surface area contributed by atoms with Gasteiger partial charge in [-0.05, 0) is 19.1 Å². The summed E-state index contributed by atoms with van der Waals surface area (Å²) >= 11 is 0. The highest BCUT2D eigenvalue weighted by molar-refractivity contribution is 5.53. The largest absolute Gasteiger partial charge is 0.339 e. The molecule has 124 valence electrons. The highest BCUT2D eigenvalue weighted by Crippen LogP contribution is 2.18. The first-order valence-corrected chi connectivity index (χ1v) is 8.00. The summed E-state index contributed by atoms with van der Waals surface area (Å²) in [7, 11) is 0. The van der Waals surface area contributed by atoms with Gasteiger partial charge in [-0.25, -0.2) is 5.10 Å². The molecule has 1 fully saturated rings. The molecule has 3 heterocycles. The van der Waals surface area contributed by atoms with Gasteiger partial charge in [-0.15, -0.1) is 0 Å². The maximum absolute atomic E-state index is 5.39. The number of rotatable bonds is 4. The SMILES string of the molecule is Cc1ccc(-c2nc(CN3CCN(c4ncn[nH]4)CC3)no2)cc1. The Labute approximate surface area is 139 Å². The average molecular weight is 325 g/mol. The fraction of sp³-hybridized carbons (Fsp3) is 0.375. The lowest BCUT2D eigenvalue weighted by atomic mass is 10.1. The monoisotopic (exact) mass is 325 g/mol. The van der Waals surface area contributed by atoms with Crippen LogP contribution in [0.5, 0.6) is 0 Å². The second kappa shape index (κ2) is 6.40. The van der Waals surface area contributed by atoms with Crippen molar-refractivity contribution in [3.05, 3.63) is 42.0 Å². The average Bonchev–Trinajstić information content (AvgIpc) is 3.28. The van der Waals surface area contributed by atoms with Crippen molar-refractivity contribution in [2.45, 2.75) is 13.5 Å². The third-order valence-electron chi connectivity index (χ3n) is 4.21. The molecule has 1 saturated heterocycles. The third kappa shape index (κ3) is 3.13. The standard InChI is InChI=1S/C16H19N7O/c1-12-2-4-13(5-3-12)15-19-14(21-24-15)10-22-6-8-23(9-7-22)16-17-11-18-20-16/h2-5,11H,6-10H2,1H3,(H,17,18,20). The molecular weight excluding hydrogens is 306 g/mol. The van der Waals surface area contributed by atoms with Crippen molar-refractivity contribution in [2.24, 2.45) is 0 Å². The fourth-order valence-electron chi connectivity index (χ4n) is 2.80. The fourth-order valence-corrected chi connectivity index (χ4v) is 2.80. The van der Waals surface area contributed by atoms with Crippen molar-refractivity contribution in [3.63, 3.8) is 0 Å². The topological polar surface area (TPSA) is 87.0 Å². The van der Waals surface area contributed by atoms with Gasteiger partial charge in [0.1, 0.15) is 6.33 Å². The maximum Gasteiger partial charge on any atom is 0.257 e. The zero-order valence-corrected chi connectivity index (χ0v) is 13.5. The number of hydrogen-bond acceptors (Lipinski definition) is 7. The van der Waals surface area contributed by atoms with Crippen molar-refractivity contribution in [1.82, 2.24) is 30.2 Å². The van der Waals surface area contributed by atoms with E-state index in [9.17, 15) is 0 Å². The molecule has 0 amide bonds. The van der Waals surface area contributed by atoms with E-state index in [-0.39, 0.29) is 0 Å². The summed E-state index contributed by atoms with van der Waals surface area (Å²) in [6.45, 7) is 6.40. The normalized spacial score (nSPS) is 15.8. The van der Waals surface area contributed by atoms with Gasteiger partial charge in [-0.1, -0.05) is 22.9 Å². The van der Waals surface area contributed by atoms with Crippen LogP contribution in [0.4, 0.5) is 5.95 Å². The van der Waals surface area contributed by atoms with Crippen LogP contribution in [0.1, 0.15) is 11.4 Å². The molecule has 0 bridgehead atoms. The quantitative estimate of drug-likeness (QED) is 0.777. The van der Waals surface area contributed by atoms with Crippen molar-refractivity contribution in [3.8, 4) is 11.5 Å². The Hall–Kier alpha value is -2.74. The van der Waals surface area contributed by atoms with Crippen LogP contribution in [-0.2, 0) is 6.54 Å². The predicted molar refractivity (Wildman–Crippen MR) is 88.3 cm³/mol. The molecule has 0 spiro atoms. The Morgan fingerprint density at radius 2 is 1.92 bits per heavy atom. The Morgan fingerprint density at radius 3 is 2.62 bits per heavy atom. The molecule has 4 rings (SSSR count). The van der Waals surface area contributed by atoms with Crippen LogP contribution < -0.4 is 4.90 Å². The highest BCUT2D eigenvalue weighted by Gasteiger charge is 2.20. The lowest BCUT2D eigenvalue weighted by molar-refractivity contribution is 0.239. The van der Waals surface area contributed by atoms with Crippen LogP contribution in [0.2, 0.25) is 0 Å². The van der Waals surface area contributed by atoms with Crippen LogP contribution in [0.3, 0.4) is 0 Å². The first-order chi connectivity index (χ1) is 11.8. The molecule has 1 aromatic carbocycles. The lowest BCUT2D eigenvalue weighted by Gasteiger charge is -2.33. The molecule has 0 saturated carbocycles. The van der Waals surface area contributed by atoms with E-state index in [0.717, 1.165) is 43.5 Å². The Morgan fingerprint density at radius 1 is 1.12 bits per heavy atom. The van der Waals surface area contributed by atoms with Gasteiger partial charge >= 0.3 is 0 Å². The number of aromatic amines is 1. The van der Waals surface area contributed by atoms with Crippen LogP contribution >= 0.6 is 0 Å². The molecule has 1 aliphatic heterocycles. The van der Waals surface area contributed by atoms with E-state index < -0.39 is 0 Å². The molecule has 8 nitrogen and oxygen atoms in total. The smallest absolute Gasteiger partial charge is 0.257 e. The van der Waals surface area contributed by atoms with Gasteiger partial charge in [0.05, 0.1) is 6.54 Å². The molecule has 0 radical (unpaired) electrons. The van der Waals surface area contributed by atoms with E-state index in [2.05, 4.69) is 42.0 Å². The number of anilines is 1. The van der Waals surface area contributed by atoms with Gasteiger partial charge < -0.3 is 9.42 Å². The second-order valence-electron chi connectivity index (χ2n) is 5.95. The number of H-pyrrole nitrogens is 1. The number of hydrogen-bond donors (Lipinski definition) is 1. The molecular formula is C16H19N7O. The minimum absolute atomic E-state index is 0.574. The summed E-state index contributed by atoms with van der Waals surface area (Å²) in [6, 6.07) is 8.09. The Bertz CT molecular complexity index is 773. The van der Waals surface area contributed by atoms with E-state index in [1.165, 1.54) is 11.9 Å². The highest BCUT2D eigenvalue weighted by atomic mass is 16.5. The van der Waals surface area contributed by atoms with Crippen molar-refractivity contribution < 1.29 is 4.52 Å². The van der Waals surface area contributed by atoms with Crippen LogP contribution in [-0.4, -0.2) is 56.4 Å². The van der Waals surface area contributed by atoms with Crippen molar-refractivity contribution in [2.75, 3.05) is 31.1 Å². The van der Waals surface area contributed by atoms with Gasteiger partial charge in [0.2, 0.25) is 5.95 Å². The molecule has 2 aromatic heterocycles. The lowest BCUT2D eigenvalue weighted by Crippen LogP contribution is -2.46. The predicted octanol–water partition coefficient (Wildman–Crippen LogP) is 1.49. The summed E-state index contributed by atoms with van der Waals surface area (Å²) in [4.78, 5) is 13.2. The zero-order valence-electron chi connectivity index (χ0n) is 13.5. The number of nitrogens with zero attached hydrogens (tertiary/aromatic N) is 6. The van der Waals surface area contributed by atoms with E-state index in [1.807, 2.05) is 24.3 Å². The molecule has 1 N–H and O–H groups in total. The van der Waals surface area contributed by atoms with E-state index in [1.54, 1.807) is 0 Å². The summed E-state index contributed by atoms with van der Waals surface area (Å²) in [5, 5.41) is 10.9. The van der Waals surface area contributed by atoms with Gasteiger partial charge in [0.25, 0.3) is 5.89 Å². The number of aromatic nitrogens is 5. The Balaban J connectivity index is 1.36. The molecule has 0 unspecified atom stereocenters. The first-order valence-electron chi connectivity index (χ1n) is 8.00. The van der Waals surface area contributed by atoms with E-state index >= 15 is 0 Å². The van der Waals surface area contributed by atoms with Crippen LogP contribution in [0, 0.1) is 6.92 Å². The summed E-state index contributed by atoms with van der Waals surface area (Å²) in [5.41, 5.74) is 2.16. The second-order valence-corrected chi connectivity index (χ2v) is 5.95. The number of aryl methyl sites for hydroxylation is 1. The maximum atomic E-state index is 5.39. The van der Waals surface area contributed by atoms with Gasteiger partial charge in [-0.3, -0.25) is 4.90 Å². The van der Waals surface area contributed by atoms with Gasteiger partial charge in [0.15, 0.2) is 5.82 Å². The van der Waals surface area contributed by atoms with Gasteiger partial charge in [0, 0.05) is 31.7 Å². The van der Waals surface area contributed by atoms with Crippen molar-refractivity contribution >= 4 is 5.95 Å². The number of benzene rings is 1. The Kier molecular flexibility index (Phi) is 3.96. The third-order valence-corrected chi connectivity index (χ3v) is 4.21. The van der Waals surface area contributed by atoms with Crippen LogP contribution in [0.15, 0.2) is 35.1 Å². The number of piperazine rings is 1. The molecule has 8 heteroatoms. The van der Waals surface area contributed by atoms with Crippen LogP contribution in [0.25, 0.3) is 11.5 Å². The minimum atomic E-state index is 0.574. The molecule has 3 aromatic rings. The summed E-state index contributed by atoms with van der Waals surface area (Å²) in [5.74, 6) is 2.12. The molecule has 0 atom stereocenters. The molecule has 0 aliphatic carbocycles. The summed E-state index contributed by atoms with van der Waals surface area (Å²) < 4.78 is 5.39. The molecule has 1 aliphatic rings. The molecule has 24 heavy (non-hydrogen) atoms.